The van der Waals surface area contributed by atoms with Crippen LogP contribution >= 0.6 is 11.6 Å². The third kappa shape index (κ3) is 6.25. The lowest BCUT2D eigenvalue weighted by Crippen LogP contribution is -1.85. The Morgan fingerprint density at radius 3 is 2.57 bits per heavy atom. The summed E-state index contributed by atoms with van der Waals surface area (Å²) in [6.45, 7) is 0.729. The second kappa shape index (κ2) is 6.25. The van der Waals surface area contributed by atoms with Gasteiger partial charge in [0.2, 0.25) is 0 Å². The fourth-order valence-electron chi connectivity index (χ4n) is 0.299. The van der Waals surface area contributed by atoms with E-state index in [1.54, 1.807) is 0 Å². The molecule has 0 unspecified atom stereocenters. The Labute approximate surface area is 49.6 Å². The molecule has 2 heteroatoms. The molecule has 0 aromatic carbocycles. The highest BCUT2D eigenvalue weighted by Gasteiger charge is 1.81. The molecule has 1 nitrogen and oxygen atoms in total. The molecule has 0 aliphatic heterocycles. The van der Waals surface area contributed by atoms with Gasteiger partial charge in [0, 0.05) is 12.5 Å². The molecule has 0 aromatic heterocycles. The molecule has 0 fully saturated rings. The molecule has 0 saturated heterocycles. The normalized spacial score (nSPS) is 9.43. The van der Waals surface area contributed by atoms with Crippen LogP contribution in [0.1, 0.15) is 12.8 Å². The monoisotopic (exact) mass is 121 g/mol. The largest absolute Gasteiger partial charge is 0.379 e. The summed E-state index contributed by atoms with van der Waals surface area (Å²) in [4.78, 5) is 0. The minimum atomic E-state index is 0.726. The van der Waals surface area contributed by atoms with E-state index >= 15 is 0 Å². The van der Waals surface area contributed by atoms with Crippen molar-refractivity contribution in [2.75, 3.05) is 12.5 Å². The van der Waals surface area contributed by atoms with Crippen LogP contribution in [-0.2, 0) is 4.74 Å². The van der Waals surface area contributed by atoms with Crippen LogP contribution in [0.5, 0.6) is 0 Å². The van der Waals surface area contributed by atoms with Crippen molar-refractivity contribution in [2.24, 2.45) is 0 Å². The summed E-state index contributed by atoms with van der Waals surface area (Å²) >= 11 is 5.36. The third-order valence-corrected chi connectivity index (χ3v) is 0.940. The number of halogens is 1. The molecular formula is C5H10ClO. The molecule has 43 valence electrons. The van der Waals surface area contributed by atoms with E-state index in [0.717, 1.165) is 25.3 Å². The summed E-state index contributed by atoms with van der Waals surface area (Å²) in [5.74, 6) is 0.726. The fourth-order valence-corrected chi connectivity index (χ4v) is 0.488. The van der Waals surface area contributed by atoms with E-state index in [2.05, 4.69) is 11.8 Å². The molecular weight excluding hydrogens is 112 g/mol. The van der Waals surface area contributed by atoms with E-state index in [0.29, 0.717) is 0 Å². The first-order valence-electron chi connectivity index (χ1n) is 2.34. The van der Waals surface area contributed by atoms with Crippen molar-refractivity contribution in [1.29, 1.82) is 0 Å². The van der Waals surface area contributed by atoms with Crippen molar-refractivity contribution in [3.05, 3.63) is 7.11 Å². The van der Waals surface area contributed by atoms with E-state index in [1.165, 1.54) is 0 Å². The number of alkyl halides is 1. The first-order chi connectivity index (χ1) is 3.41. The maximum Gasteiger partial charge on any atom is 0.0700 e. The van der Waals surface area contributed by atoms with Crippen molar-refractivity contribution < 1.29 is 4.74 Å². The zero-order chi connectivity index (χ0) is 5.54. The summed E-state index contributed by atoms with van der Waals surface area (Å²) in [6.07, 6.45) is 2.05. The Morgan fingerprint density at radius 1 is 1.43 bits per heavy atom. The molecule has 0 aliphatic carbocycles. The molecule has 1 radical (unpaired) electrons. The Bertz CT molecular complexity index is 27.3. The number of hydrogen-bond donors (Lipinski definition) is 0. The number of ether oxygens (including phenoxy) is 1. The second-order valence-corrected chi connectivity index (χ2v) is 1.68. The van der Waals surface area contributed by atoms with E-state index in [9.17, 15) is 0 Å². The van der Waals surface area contributed by atoms with Gasteiger partial charge in [0.15, 0.2) is 0 Å². The minimum absolute atomic E-state index is 0.726. The van der Waals surface area contributed by atoms with Gasteiger partial charge in [-0.15, -0.1) is 11.6 Å². The Morgan fingerprint density at radius 2 is 2.14 bits per heavy atom. The highest BCUT2D eigenvalue weighted by atomic mass is 35.5. The third-order valence-electron chi connectivity index (χ3n) is 0.672. The Kier molecular flexibility index (Phi) is 6.47. The first-order valence-corrected chi connectivity index (χ1v) is 2.88. The van der Waals surface area contributed by atoms with Crippen LogP contribution in [0.4, 0.5) is 0 Å². The average molecular weight is 122 g/mol. The average Bonchev–Trinajstić information content (AvgIpc) is 1.69. The van der Waals surface area contributed by atoms with E-state index in [4.69, 9.17) is 11.6 Å². The lowest BCUT2D eigenvalue weighted by atomic mass is 10.4. The van der Waals surface area contributed by atoms with Gasteiger partial charge >= 0.3 is 0 Å². The van der Waals surface area contributed by atoms with E-state index in [-0.39, 0.29) is 0 Å². The molecule has 0 amide bonds. The maximum absolute atomic E-state index is 5.36. The highest BCUT2D eigenvalue weighted by Crippen LogP contribution is 1.90. The number of hydrogen-bond acceptors (Lipinski definition) is 1. The Hall–Kier alpha value is 0.250. The van der Waals surface area contributed by atoms with Crippen molar-refractivity contribution in [1.82, 2.24) is 0 Å². The fraction of sp³-hybridized carbons (Fsp3) is 0.800. The standard InChI is InChI=1S/C5H10ClO/c1-7-5-3-2-4-6/h1-5H2. The summed E-state index contributed by atoms with van der Waals surface area (Å²) < 4.78 is 4.54. The van der Waals surface area contributed by atoms with Crippen LogP contribution in [0.3, 0.4) is 0 Å². The molecule has 0 aromatic rings. The molecule has 0 aliphatic rings. The predicted octanol–water partition coefficient (Wildman–Crippen LogP) is 1.81. The van der Waals surface area contributed by atoms with Crippen molar-refractivity contribution in [3.8, 4) is 0 Å². The quantitative estimate of drug-likeness (QED) is 0.407. The van der Waals surface area contributed by atoms with Gasteiger partial charge in [-0.1, -0.05) is 0 Å². The molecule has 0 heterocycles. The molecule has 0 rings (SSSR count). The summed E-state index contributed by atoms with van der Waals surface area (Å²) in [5, 5.41) is 0. The molecule has 0 spiro atoms. The van der Waals surface area contributed by atoms with Crippen molar-refractivity contribution in [3.63, 3.8) is 0 Å². The number of unbranched alkanes of at least 4 members (excludes halogenated alkanes) is 1. The molecule has 0 N–H and O–H groups in total. The van der Waals surface area contributed by atoms with Gasteiger partial charge < -0.3 is 4.74 Å². The van der Waals surface area contributed by atoms with Gasteiger partial charge in [0.25, 0.3) is 0 Å². The minimum Gasteiger partial charge on any atom is -0.379 e. The van der Waals surface area contributed by atoms with Crippen LogP contribution in [0, 0.1) is 7.11 Å². The summed E-state index contributed by atoms with van der Waals surface area (Å²) in [7, 11) is 3.21. The second-order valence-electron chi connectivity index (χ2n) is 1.30. The van der Waals surface area contributed by atoms with Gasteiger partial charge in [-0.3, -0.25) is 0 Å². The predicted molar refractivity (Wildman–Crippen MR) is 31.3 cm³/mol. The number of rotatable bonds is 4. The van der Waals surface area contributed by atoms with Crippen LogP contribution < -0.4 is 0 Å². The van der Waals surface area contributed by atoms with E-state index < -0.39 is 0 Å². The maximum atomic E-state index is 5.36. The summed E-state index contributed by atoms with van der Waals surface area (Å²) in [5.41, 5.74) is 0. The lowest BCUT2D eigenvalue weighted by Gasteiger charge is -1.91. The van der Waals surface area contributed by atoms with Crippen LogP contribution in [-0.4, -0.2) is 12.5 Å². The van der Waals surface area contributed by atoms with Gasteiger partial charge in [-0.2, -0.15) is 0 Å². The first kappa shape index (κ1) is 7.25. The molecule has 7 heavy (non-hydrogen) atoms. The summed E-state index contributed by atoms with van der Waals surface area (Å²) in [6, 6.07) is 0. The molecule has 0 atom stereocenters. The Balaban J connectivity index is 2.45. The van der Waals surface area contributed by atoms with Gasteiger partial charge in [-0.05, 0) is 12.8 Å². The van der Waals surface area contributed by atoms with Gasteiger partial charge in [-0.25, -0.2) is 0 Å². The van der Waals surface area contributed by atoms with Crippen molar-refractivity contribution >= 4 is 11.6 Å². The van der Waals surface area contributed by atoms with Crippen LogP contribution in [0.25, 0.3) is 0 Å². The smallest absolute Gasteiger partial charge is 0.0700 e. The van der Waals surface area contributed by atoms with E-state index in [1.807, 2.05) is 0 Å². The van der Waals surface area contributed by atoms with Crippen LogP contribution in [0.2, 0.25) is 0 Å². The molecule has 0 bridgehead atoms. The molecule has 0 saturated carbocycles. The van der Waals surface area contributed by atoms with Gasteiger partial charge in [0.1, 0.15) is 0 Å². The van der Waals surface area contributed by atoms with Gasteiger partial charge in [0.05, 0.1) is 7.11 Å². The SMILES string of the molecule is [CH2]OCCCCCl. The van der Waals surface area contributed by atoms with Crippen LogP contribution in [0.15, 0.2) is 0 Å². The lowest BCUT2D eigenvalue weighted by molar-refractivity contribution is 0.237. The van der Waals surface area contributed by atoms with Crippen molar-refractivity contribution in [2.45, 2.75) is 12.8 Å². The zero-order valence-electron chi connectivity index (χ0n) is 4.32. The zero-order valence-corrected chi connectivity index (χ0v) is 5.08. The highest BCUT2D eigenvalue weighted by molar-refractivity contribution is 6.17. The topological polar surface area (TPSA) is 9.23 Å².